The zero-order valence-electron chi connectivity index (χ0n) is 24.3. The summed E-state index contributed by atoms with van der Waals surface area (Å²) in [6.45, 7) is 8.68. The molecular formula is C36H34Cl4SiZr. The standard InChI is InChI=1S/2C17H14Cl.C2H6Si.2ClH.Zr/c2*1-2-12-9-13-6-4-8-16(17(13)10-12)14-5-3-7-15(18)11-14;1-3-2;;;/h2*3-11H,2H2,1H3;1-2H3;2*1H;/q2*-1;;;;+4/p-2. The number of fused-ring (bicyclic) bond motifs is 2. The Balaban J connectivity index is 0.000000195. The van der Waals surface area contributed by atoms with Crippen LogP contribution >= 0.6 is 40.2 Å². The summed E-state index contributed by atoms with van der Waals surface area (Å²) in [7, 11) is 11.0. The molecule has 42 heavy (non-hydrogen) atoms. The first kappa shape index (κ1) is 34.8. The molecule has 0 fully saturated rings. The van der Waals surface area contributed by atoms with E-state index in [1.54, 1.807) is 0 Å². The molecule has 0 atom stereocenters. The van der Waals surface area contributed by atoms with Crippen LogP contribution in [0, 0.1) is 0 Å². The van der Waals surface area contributed by atoms with Crippen molar-refractivity contribution in [2.24, 2.45) is 0 Å². The SMILES string of the molecule is CCc1cc2c(-c3cccc(Cl)c3)cccc2[cH-]1.CCc1cc2c(-c3cccc(Cl)c3)cccc2[cH-]1.C[Si]C.[Cl][Zr+2][Cl]. The number of rotatable bonds is 4. The molecule has 0 unspecified atom stereocenters. The van der Waals surface area contributed by atoms with Crippen molar-refractivity contribution in [1.29, 1.82) is 0 Å². The van der Waals surface area contributed by atoms with Crippen LogP contribution in [0.15, 0.2) is 109 Å². The predicted octanol–water partition coefficient (Wildman–Crippen LogP) is 13.0. The van der Waals surface area contributed by atoms with Crippen LogP contribution in [0.25, 0.3) is 43.8 Å². The molecule has 0 N–H and O–H groups in total. The maximum atomic E-state index is 6.08. The van der Waals surface area contributed by atoms with Gasteiger partial charge in [0.15, 0.2) is 0 Å². The number of halogens is 4. The van der Waals surface area contributed by atoms with Gasteiger partial charge in [-0.2, -0.15) is 12.1 Å². The van der Waals surface area contributed by atoms with Gasteiger partial charge in [-0.05, 0) is 48.2 Å². The van der Waals surface area contributed by atoms with Crippen LogP contribution in [0.4, 0.5) is 0 Å². The van der Waals surface area contributed by atoms with Gasteiger partial charge in [0.1, 0.15) is 0 Å². The molecule has 0 heterocycles. The number of hydrogen-bond acceptors (Lipinski definition) is 0. The third-order valence-electron chi connectivity index (χ3n) is 6.71. The molecule has 2 radical (unpaired) electrons. The monoisotopic (exact) mass is 724 g/mol. The predicted molar refractivity (Wildman–Crippen MR) is 188 cm³/mol. The average molecular weight is 728 g/mol. The van der Waals surface area contributed by atoms with Gasteiger partial charge < -0.3 is 0 Å². The van der Waals surface area contributed by atoms with Crippen LogP contribution in [0.1, 0.15) is 25.0 Å². The fourth-order valence-corrected chi connectivity index (χ4v) is 5.20. The van der Waals surface area contributed by atoms with Crippen molar-refractivity contribution in [3.05, 3.63) is 130 Å². The Morgan fingerprint density at radius 2 is 0.952 bits per heavy atom. The van der Waals surface area contributed by atoms with E-state index in [2.05, 4.69) is 99.7 Å². The van der Waals surface area contributed by atoms with Crippen molar-refractivity contribution in [3.8, 4) is 22.3 Å². The molecule has 0 spiro atoms. The van der Waals surface area contributed by atoms with E-state index in [0.29, 0.717) is 0 Å². The van der Waals surface area contributed by atoms with Gasteiger partial charge in [-0.25, -0.2) is 0 Å². The van der Waals surface area contributed by atoms with Gasteiger partial charge in [-0.3, -0.25) is 0 Å². The molecule has 6 aromatic carbocycles. The molecule has 6 rings (SSSR count). The molecule has 214 valence electrons. The Bertz CT molecular complexity index is 1560. The average Bonchev–Trinajstić information content (AvgIpc) is 3.62. The molecular weight excluding hydrogens is 694 g/mol. The summed E-state index contributed by atoms with van der Waals surface area (Å²) in [5.74, 6) is 0. The second-order valence-corrected chi connectivity index (χ2v) is 15.2. The van der Waals surface area contributed by atoms with Crippen molar-refractivity contribution < 1.29 is 20.8 Å². The van der Waals surface area contributed by atoms with Gasteiger partial charge in [0, 0.05) is 19.6 Å². The molecule has 0 aliphatic rings. The molecule has 0 saturated carbocycles. The van der Waals surface area contributed by atoms with Crippen LogP contribution in [-0.4, -0.2) is 9.52 Å². The second kappa shape index (κ2) is 18.2. The van der Waals surface area contributed by atoms with Crippen LogP contribution in [0.5, 0.6) is 0 Å². The Morgan fingerprint density at radius 3 is 1.29 bits per heavy atom. The summed E-state index contributed by atoms with van der Waals surface area (Å²) in [4.78, 5) is 0. The van der Waals surface area contributed by atoms with Gasteiger partial charge in [0.2, 0.25) is 0 Å². The topological polar surface area (TPSA) is 0 Å². The summed E-state index contributed by atoms with van der Waals surface area (Å²) in [6, 6.07) is 38.1. The van der Waals surface area contributed by atoms with E-state index in [9.17, 15) is 0 Å². The second-order valence-electron chi connectivity index (χ2n) is 9.64. The summed E-state index contributed by atoms with van der Waals surface area (Å²) in [5.41, 5.74) is 7.66. The summed E-state index contributed by atoms with van der Waals surface area (Å²) in [5, 5.41) is 6.82. The van der Waals surface area contributed by atoms with Crippen LogP contribution < -0.4 is 0 Å². The fraction of sp³-hybridized carbons (Fsp3) is 0.167. The summed E-state index contributed by atoms with van der Waals surface area (Å²) < 4.78 is 0. The Hall–Kier alpha value is -1.64. The summed E-state index contributed by atoms with van der Waals surface area (Å²) >= 11 is 11.3. The zero-order valence-corrected chi connectivity index (χ0v) is 30.8. The van der Waals surface area contributed by atoms with E-state index >= 15 is 0 Å². The van der Waals surface area contributed by atoms with Crippen molar-refractivity contribution >= 4 is 71.3 Å². The van der Waals surface area contributed by atoms with E-state index in [1.165, 1.54) is 54.9 Å². The molecule has 0 amide bonds. The first-order chi connectivity index (χ1) is 20.4. The first-order valence-corrected chi connectivity index (χ1v) is 22.9. The van der Waals surface area contributed by atoms with E-state index in [1.807, 2.05) is 36.4 Å². The minimum atomic E-state index is -0.826. The number of aryl methyl sites for hydroxylation is 2. The third-order valence-corrected chi connectivity index (χ3v) is 7.18. The van der Waals surface area contributed by atoms with Crippen LogP contribution in [0.3, 0.4) is 0 Å². The molecule has 0 nitrogen and oxygen atoms in total. The van der Waals surface area contributed by atoms with Gasteiger partial charge in [0.05, 0.1) is 0 Å². The van der Waals surface area contributed by atoms with Gasteiger partial charge >= 0.3 is 37.9 Å². The molecule has 0 aromatic heterocycles. The Morgan fingerprint density at radius 1 is 0.595 bits per heavy atom. The van der Waals surface area contributed by atoms with Crippen molar-refractivity contribution in [1.82, 2.24) is 0 Å². The normalized spacial score (nSPS) is 10.1. The van der Waals surface area contributed by atoms with Crippen molar-refractivity contribution in [2.75, 3.05) is 0 Å². The van der Waals surface area contributed by atoms with Gasteiger partial charge in [-0.15, -0.1) is 69.1 Å². The molecule has 6 heteroatoms. The van der Waals surface area contributed by atoms with E-state index < -0.39 is 20.8 Å². The van der Waals surface area contributed by atoms with Crippen LogP contribution in [0.2, 0.25) is 23.1 Å². The number of benzene rings is 4. The van der Waals surface area contributed by atoms with E-state index in [-0.39, 0.29) is 0 Å². The molecule has 0 aliphatic carbocycles. The summed E-state index contributed by atoms with van der Waals surface area (Å²) in [6.07, 6.45) is 2.15. The zero-order chi connectivity index (χ0) is 30.5. The fourth-order valence-electron chi connectivity index (χ4n) is 4.82. The molecule has 6 aromatic rings. The van der Waals surface area contributed by atoms with E-state index in [0.717, 1.165) is 32.4 Å². The quantitative estimate of drug-likeness (QED) is 0.125. The Kier molecular flexibility index (Phi) is 15.1. The number of hydrogen-bond donors (Lipinski definition) is 0. The van der Waals surface area contributed by atoms with Crippen molar-refractivity contribution in [2.45, 2.75) is 39.8 Å². The minimum absolute atomic E-state index is 0.784. The van der Waals surface area contributed by atoms with E-state index in [4.69, 9.17) is 40.2 Å². The molecule has 0 bridgehead atoms. The Labute approximate surface area is 282 Å². The van der Waals surface area contributed by atoms with Gasteiger partial charge in [0.25, 0.3) is 0 Å². The first-order valence-electron chi connectivity index (χ1n) is 13.8. The van der Waals surface area contributed by atoms with Crippen LogP contribution in [-0.2, 0) is 33.7 Å². The maximum absolute atomic E-state index is 6.08. The molecule has 0 saturated heterocycles. The third kappa shape index (κ3) is 9.68. The van der Waals surface area contributed by atoms with Crippen molar-refractivity contribution in [3.63, 3.8) is 0 Å². The van der Waals surface area contributed by atoms with Gasteiger partial charge in [-0.1, -0.05) is 97.7 Å². The molecule has 0 aliphatic heterocycles.